The van der Waals surface area contributed by atoms with Gasteiger partial charge < -0.3 is 24.8 Å². The van der Waals surface area contributed by atoms with Crippen LogP contribution in [0.4, 0.5) is 0 Å². The average molecular weight is 808 g/mol. The Morgan fingerprint density at radius 2 is 1.14 bits per heavy atom. The van der Waals surface area contributed by atoms with Gasteiger partial charge in [0.15, 0.2) is 6.10 Å². The van der Waals surface area contributed by atoms with Crippen LogP contribution in [0.2, 0.25) is 0 Å². The Kier molecular flexibility index (Phi) is 34.1. The predicted octanol–water partition coefficient (Wildman–Crippen LogP) is 11.5. The zero-order chi connectivity index (χ0) is 40.8. The molecule has 4 atom stereocenters. The number of phosphoric acid groups is 1. The first-order valence-electron chi connectivity index (χ1n) is 21.9. The first-order valence-corrected chi connectivity index (χ1v) is 23.4. The topological polar surface area (TPSA) is 147 Å². The van der Waals surface area contributed by atoms with E-state index in [1.54, 1.807) is 0 Å². The number of carbonyl (C=O) groups is 2. The molecule has 11 heteroatoms. The molecule has 0 aliphatic carbocycles. The van der Waals surface area contributed by atoms with Crippen LogP contribution < -0.4 is 5.73 Å². The molecule has 0 radical (unpaired) electrons. The molecule has 1 heterocycles. The molecule has 0 spiro atoms. The van der Waals surface area contributed by atoms with Crippen LogP contribution in [0.3, 0.4) is 0 Å². The Balaban J connectivity index is 2.22. The highest BCUT2D eigenvalue weighted by Gasteiger charge is 2.36. The molecule has 0 bridgehead atoms. The summed E-state index contributed by atoms with van der Waals surface area (Å²) < 4.78 is 38.4. The summed E-state index contributed by atoms with van der Waals surface area (Å²) in [5.74, 6) is -0.931. The van der Waals surface area contributed by atoms with E-state index in [0.717, 1.165) is 57.8 Å². The van der Waals surface area contributed by atoms with E-state index < -0.39 is 32.5 Å². The summed E-state index contributed by atoms with van der Waals surface area (Å²) in [7, 11) is -4.40. The molecular formula is C45H78NO9P. The summed E-state index contributed by atoms with van der Waals surface area (Å²) in [5, 5.41) is 0. The normalized spacial score (nSPS) is 17.5. The van der Waals surface area contributed by atoms with Crippen molar-refractivity contribution < 1.29 is 42.3 Å². The van der Waals surface area contributed by atoms with E-state index in [0.29, 0.717) is 25.0 Å². The minimum absolute atomic E-state index is 0.0407. The predicted molar refractivity (Wildman–Crippen MR) is 228 cm³/mol. The standard InChI is InChI=1S/C45H78NO9P/c1-3-5-7-8-9-10-11-12-13-14-19-22-25-28-32-36-45(48)54-41(40-53-56(49,50)52-38-37-46)39-51-44(47)35-31-27-24-21-18-16-15-17-20-23-26-30-34-43-42(55-43)33-29-6-4-2/h6,16-18,20,24,26-27,29-30,41-43H,3-5,7-15,19,21-23,25,28,31-40,46H2,1-2H3,(H,49,50)/b18-16-,20-17-,27-24-,29-6-,30-26-/t41-,42?,43?/m1/s1. The van der Waals surface area contributed by atoms with Crippen molar-refractivity contribution in [2.75, 3.05) is 26.4 Å². The number of nitrogens with two attached hydrogens (primary N) is 1. The molecule has 0 aromatic rings. The van der Waals surface area contributed by atoms with Crippen molar-refractivity contribution in [3.8, 4) is 0 Å². The lowest BCUT2D eigenvalue weighted by atomic mass is 10.0. The third-order valence-electron chi connectivity index (χ3n) is 9.33. The zero-order valence-corrected chi connectivity index (χ0v) is 35.9. The van der Waals surface area contributed by atoms with Gasteiger partial charge in [-0.1, -0.05) is 164 Å². The number of hydrogen-bond donors (Lipinski definition) is 2. The van der Waals surface area contributed by atoms with Crippen molar-refractivity contribution >= 4 is 19.8 Å². The lowest BCUT2D eigenvalue weighted by Gasteiger charge is -2.19. The molecule has 0 aromatic heterocycles. The van der Waals surface area contributed by atoms with E-state index in [9.17, 15) is 19.0 Å². The molecule has 0 amide bonds. The molecule has 0 saturated carbocycles. The monoisotopic (exact) mass is 808 g/mol. The fourth-order valence-corrected chi connectivity index (χ4v) is 6.76. The molecule has 10 nitrogen and oxygen atoms in total. The number of allylic oxidation sites excluding steroid dienone is 8. The Morgan fingerprint density at radius 3 is 1.68 bits per heavy atom. The maximum absolute atomic E-state index is 12.6. The molecular weight excluding hydrogens is 729 g/mol. The third kappa shape index (κ3) is 33.8. The first-order chi connectivity index (χ1) is 27.3. The highest BCUT2D eigenvalue weighted by Crippen LogP contribution is 2.43. The van der Waals surface area contributed by atoms with Crippen LogP contribution in [0.1, 0.15) is 168 Å². The second kappa shape index (κ2) is 37.0. The van der Waals surface area contributed by atoms with Crippen molar-refractivity contribution in [3.05, 3.63) is 60.8 Å². The summed E-state index contributed by atoms with van der Waals surface area (Å²) in [6, 6.07) is 0. The van der Waals surface area contributed by atoms with Crippen molar-refractivity contribution in [1.29, 1.82) is 0 Å². The van der Waals surface area contributed by atoms with Gasteiger partial charge in [-0.25, -0.2) is 4.57 Å². The molecule has 1 rings (SSSR count). The van der Waals surface area contributed by atoms with E-state index in [4.69, 9.17) is 29.0 Å². The van der Waals surface area contributed by atoms with Crippen LogP contribution in [0.25, 0.3) is 0 Å². The third-order valence-corrected chi connectivity index (χ3v) is 10.3. The van der Waals surface area contributed by atoms with Gasteiger partial charge in [-0.2, -0.15) is 0 Å². The molecule has 1 aliphatic rings. The Morgan fingerprint density at radius 1 is 0.643 bits per heavy atom. The number of unbranched alkanes of at least 4 members (excludes halogenated alkanes) is 14. The minimum Gasteiger partial charge on any atom is -0.462 e. The van der Waals surface area contributed by atoms with E-state index in [-0.39, 0.29) is 32.6 Å². The molecule has 3 unspecified atom stereocenters. The molecule has 56 heavy (non-hydrogen) atoms. The molecule has 322 valence electrons. The number of ether oxygens (including phenoxy) is 3. The van der Waals surface area contributed by atoms with Gasteiger partial charge in [0.1, 0.15) is 6.61 Å². The minimum atomic E-state index is -4.40. The van der Waals surface area contributed by atoms with E-state index in [2.05, 4.69) is 62.5 Å². The van der Waals surface area contributed by atoms with Crippen LogP contribution in [-0.4, -0.2) is 61.5 Å². The molecule has 3 N–H and O–H groups in total. The van der Waals surface area contributed by atoms with E-state index in [1.807, 2.05) is 12.2 Å². The highest BCUT2D eigenvalue weighted by molar-refractivity contribution is 7.47. The summed E-state index contributed by atoms with van der Waals surface area (Å²) >= 11 is 0. The molecule has 1 fully saturated rings. The van der Waals surface area contributed by atoms with E-state index >= 15 is 0 Å². The second-order valence-corrected chi connectivity index (χ2v) is 16.0. The highest BCUT2D eigenvalue weighted by atomic mass is 31.2. The van der Waals surface area contributed by atoms with Gasteiger partial charge in [0.25, 0.3) is 0 Å². The van der Waals surface area contributed by atoms with Gasteiger partial charge >= 0.3 is 19.8 Å². The quantitative estimate of drug-likeness (QED) is 0.0202. The van der Waals surface area contributed by atoms with Crippen LogP contribution >= 0.6 is 7.82 Å². The summed E-state index contributed by atoms with van der Waals surface area (Å²) in [4.78, 5) is 34.8. The van der Waals surface area contributed by atoms with Gasteiger partial charge in [0.05, 0.1) is 25.4 Å². The summed E-state index contributed by atoms with van der Waals surface area (Å²) in [5.41, 5.74) is 5.34. The van der Waals surface area contributed by atoms with E-state index in [1.165, 1.54) is 70.6 Å². The van der Waals surface area contributed by atoms with Crippen LogP contribution in [-0.2, 0) is 37.4 Å². The number of phosphoric ester groups is 1. The van der Waals surface area contributed by atoms with Crippen molar-refractivity contribution in [2.24, 2.45) is 5.73 Å². The first kappa shape index (κ1) is 51.7. The SMILES string of the molecule is CC/C=C\CC1OC1C/C=C\C/C=C\C/C=C\C/C=C\CCC(=O)OC[C@H](COP(=O)(O)OCCN)OC(=O)CCCCCCCCCCCCCCCCC. The van der Waals surface area contributed by atoms with Crippen molar-refractivity contribution in [1.82, 2.24) is 0 Å². The van der Waals surface area contributed by atoms with Crippen molar-refractivity contribution in [2.45, 2.75) is 186 Å². The Labute approximate surface area is 340 Å². The van der Waals surface area contributed by atoms with Gasteiger partial charge in [-0.15, -0.1) is 0 Å². The maximum Gasteiger partial charge on any atom is 0.472 e. The molecule has 1 saturated heterocycles. The summed E-state index contributed by atoms with van der Waals surface area (Å²) in [6.07, 6.45) is 45.9. The number of esters is 2. The molecule has 0 aromatic carbocycles. The second-order valence-electron chi connectivity index (χ2n) is 14.6. The van der Waals surface area contributed by atoms with Crippen LogP contribution in [0, 0.1) is 0 Å². The number of rotatable bonds is 39. The number of epoxide rings is 1. The van der Waals surface area contributed by atoms with Gasteiger partial charge in [-0.3, -0.25) is 18.6 Å². The molecule has 1 aliphatic heterocycles. The Bertz CT molecular complexity index is 1170. The van der Waals surface area contributed by atoms with Gasteiger partial charge in [-0.05, 0) is 51.4 Å². The van der Waals surface area contributed by atoms with Crippen LogP contribution in [0.15, 0.2) is 60.8 Å². The smallest absolute Gasteiger partial charge is 0.462 e. The van der Waals surface area contributed by atoms with Gasteiger partial charge in [0.2, 0.25) is 0 Å². The Hall–Kier alpha value is -2.33. The van der Waals surface area contributed by atoms with Gasteiger partial charge in [0, 0.05) is 19.4 Å². The lowest BCUT2D eigenvalue weighted by Crippen LogP contribution is -2.29. The number of hydrogen-bond acceptors (Lipinski definition) is 9. The number of carbonyl (C=O) groups excluding carboxylic acids is 2. The lowest BCUT2D eigenvalue weighted by molar-refractivity contribution is -0.161. The fraction of sp³-hybridized carbons (Fsp3) is 0.733. The fourth-order valence-electron chi connectivity index (χ4n) is 6.00. The largest absolute Gasteiger partial charge is 0.472 e. The van der Waals surface area contributed by atoms with Crippen molar-refractivity contribution in [3.63, 3.8) is 0 Å². The van der Waals surface area contributed by atoms with Crippen LogP contribution in [0.5, 0.6) is 0 Å². The maximum atomic E-state index is 12.6. The average Bonchev–Trinajstić information content (AvgIpc) is 3.94. The summed E-state index contributed by atoms with van der Waals surface area (Å²) in [6.45, 7) is 3.52. The zero-order valence-electron chi connectivity index (χ0n) is 35.0.